The fraction of sp³-hybridized carbons (Fsp3) is 0.286. The van der Waals surface area contributed by atoms with Gasteiger partial charge in [0.25, 0.3) is 0 Å². The van der Waals surface area contributed by atoms with Crippen LogP contribution in [0.15, 0.2) is 59.6 Å². The summed E-state index contributed by atoms with van der Waals surface area (Å²) in [4.78, 5) is 1.29. The third-order valence-electron chi connectivity index (χ3n) is 4.60. The monoisotopic (exact) mass is 367 g/mol. The van der Waals surface area contributed by atoms with Gasteiger partial charge in [-0.2, -0.15) is 5.10 Å². The average molecular weight is 368 g/mol. The van der Waals surface area contributed by atoms with Crippen molar-refractivity contribution in [2.45, 2.75) is 31.3 Å². The van der Waals surface area contributed by atoms with Crippen molar-refractivity contribution in [1.29, 1.82) is 0 Å². The molecule has 136 valence electrons. The van der Waals surface area contributed by atoms with Crippen LogP contribution in [0.3, 0.4) is 0 Å². The van der Waals surface area contributed by atoms with Gasteiger partial charge in [-0.3, -0.25) is 0 Å². The van der Waals surface area contributed by atoms with Crippen LogP contribution in [-0.4, -0.2) is 23.1 Å². The Bertz CT molecular complexity index is 841. The maximum absolute atomic E-state index is 5.23. The number of hydrogen-bond donors (Lipinski definition) is 1. The Balaban J connectivity index is 1.69. The molecule has 1 N–H and O–H groups in total. The molecule has 5 heteroatoms. The number of hydrogen-bond acceptors (Lipinski definition) is 4. The molecule has 2 aromatic carbocycles. The lowest BCUT2D eigenvalue weighted by atomic mass is 10.1. The minimum Gasteiger partial charge on any atom is -0.497 e. The van der Waals surface area contributed by atoms with Crippen LogP contribution in [0.1, 0.15) is 29.8 Å². The molecule has 0 fully saturated rings. The second-order valence-corrected chi connectivity index (χ2v) is 7.13. The molecule has 0 aliphatic heterocycles. The Hall–Kier alpha value is -2.24. The Morgan fingerprint density at radius 1 is 1.12 bits per heavy atom. The highest BCUT2D eigenvalue weighted by molar-refractivity contribution is 7.98. The van der Waals surface area contributed by atoms with Crippen molar-refractivity contribution < 1.29 is 4.74 Å². The average Bonchev–Trinajstić information content (AvgIpc) is 3.08. The van der Waals surface area contributed by atoms with Crippen molar-refractivity contribution in [2.24, 2.45) is 0 Å². The molecule has 3 aromatic rings. The molecule has 0 amide bonds. The van der Waals surface area contributed by atoms with Crippen molar-refractivity contribution in [1.82, 2.24) is 15.1 Å². The zero-order valence-electron chi connectivity index (χ0n) is 15.7. The summed E-state index contributed by atoms with van der Waals surface area (Å²) in [6.45, 7) is 5.12. The molecule has 3 rings (SSSR count). The van der Waals surface area contributed by atoms with E-state index in [0.29, 0.717) is 0 Å². The van der Waals surface area contributed by atoms with E-state index in [1.165, 1.54) is 16.0 Å². The molecule has 0 spiro atoms. The summed E-state index contributed by atoms with van der Waals surface area (Å²) in [6, 6.07) is 16.9. The number of benzene rings is 2. The first-order chi connectivity index (χ1) is 12.6. The maximum atomic E-state index is 5.23. The molecule has 26 heavy (non-hydrogen) atoms. The highest BCUT2D eigenvalue weighted by Crippen LogP contribution is 2.22. The smallest absolute Gasteiger partial charge is 0.119 e. The van der Waals surface area contributed by atoms with Crippen LogP contribution in [-0.2, 0) is 6.54 Å². The molecule has 0 bridgehead atoms. The highest BCUT2D eigenvalue weighted by atomic mass is 32.2. The summed E-state index contributed by atoms with van der Waals surface area (Å²) >= 11 is 1.76. The van der Waals surface area contributed by atoms with Gasteiger partial charge in [-0.1, -0.05) is 12.1 Å². The number of ether oxygens (including phenoxy) is 1. The van der Waals surface area contributed by atoms with Crippen molar-refractivity contribution in [3.63, 3.8) is 0 Å². The fourth-order valence-electron chi connectivity index (χ4n) is 2.96. The zero-order chi connectivity index (χ0) is 18.5. The molecule has 0 saturated heterocycles. The zero-order valence-corrected chi connectivity index (χ0v) is 16.5. The molecule has 1 aromatic heterocycles. The minimum absolute atomic E-state index is 0.224. The van der Waals surface area contributed by atoms with Crippen molar-refractivity contribution in [3.05, 3.63) is 71.5 Å². The number of aromatic nitrogens is 2. The van der Waals surface area contributed by atoms with E-state index >= 15 is 0 Å². The van der Waals surface area contributed by atoms with Crippen molar-refractivity contribution in [3.8, 4) is 11.4 Å². The van der Waals surface area contributed by atoms with Gasteiger partial charge in [0.1, 0.15) is 5.75 Å². The van der Waals surface area contributed by atoms with Crippen LogP contribution < -0.4 is 10.1 Å². The van der Waals surface area contributed by atoms with Gasteiger partial charge in [0.05, 0.1) is 19.0 Å². The predicted molar refractivity (Wildman–Crippen MR) is 108 cm³/mol. The Morgan fingerprint density at radius 3 is 2.42 bits per heavy atom. The number of thioether (sulfide) groups is 1. The van der Waals surface area contributed by atoms with Crippen LogP contribution in [0.4, 0.5) is 0 Å². The van der Waals surface area contributed by atoms with E-state index in [9.17, 15) is 0 Å². The van der Waals surface area contributed by atoms with E-state index in [2.05, 4.69) is 54.8 Å². The summed E-state index contributed by atoms with van der Waals surface area (Å²) < 4.78 is 7.20. The van der Waals surface area contributed by atoms with E-state index < -0.39 is 0 Å². The first-order valence-corrected chi connectivity index (χ1v) is 9.90. The molecule has 0 saturated carbocycles. The second-order valence-electron chi connectivity index (χ2n) is 6.25. The van der Waals surface area contributed by atoms with Gasteiger partial charge >= 0.3 is 0 Å². The molecule has 0 aliphatic rings. The van der Waals surface area contributed by atoms with Crippen LogP contribution in [0.2, 0.25) is 0 Å². The van der Waals surface area contributed by atoms with E-state index in [0.717, 1.165) is 23.7 Å². The molecular formula is C21H25N3OS. The topological polar surface area (TPSA) is 39.1 Å². The second kappa shape index (κ2) is 8.43. The summed E-state index contributed by atoms with van der Waals surface area (Å²) in [5.41, 5.74) is 4.68. The molecule has 0 radical (unpaired) electrons. The summed E-state index contributed by atoms with van der Waals surface area (Å²) in [5.74, 6) is 0.848. The minimum atomic E-state index is 0.224. The van der Waals surface area contributed by atoms with Crippen molar-refractivity contribution in [2.75, 3.05) is 13.4 Å². The number of methoxy groups -OCH3 is 1. The van der Waals surface area contributed by atoms with Crippen molar-refractivity contribution >= 4 is 11.8 Å². The van der Waals surface area contributed by atoms with E-state index in [4.69, 9.17) is 4.74 Å². The van der Waals surface area contributed by atoms with E-state index in [-0.39, 0.29) is 6.04 Å². The van der Waals surface area contributed by atoms with Crippen LogP contribution >= 0.6 is 11.8 Å². The van der Waals surface area contributed by atoms with Crippen LogP contribution in [0.25, 0.3) is 5.69 Å². The predicted octanol–water partition coefficient (Wildman–Crippen LogP) is 4.76. The number of nitrogens with one attached hydrogen (secondary N) is 1. The summed E-state index contributed by atoms with van der Waals surface area (Å²) in [6.07, 6.45) is 4.05. The van der Waals surface area contributed by atoms with Gasteiger partial charge in [0.2, 0.25) is 0 Å². The lowest BCUT2D eigenvalue weighted by Gasteiger charge is -2.14. The van der Waals surface area contributed by atoms with Gasteiger partial charge < -0.3 is 10.1 Å². The SMILES string of the molecule is COc1ccc(-n2ncc([C@H](C)NCc3ccc(SC)cc3)c2C)cc1. The van der Waals surface area contributed by atoms with E-state index in [1.807, 2.05) is 35.1 Å². The standard InChI is InChI=1S/C21H25N3OS/c1-15(22-13-17-5-11-20(26-4)12-6-17)21-14-23-24(16(21)2)18-7-9-19(25-3)10-8-18/h5-12,14-15,22H,13H2,1-4H3/t15-/m0/s1. The van der Waals surface area contributed by atoms with Crippen LogP contribution in [0.5, 0.6) is 5.75 Å². The molecular weight excluding hydrogens is 342 g/mol. The lowest BCUT2D eigenvalue weighted by molar-refractivity contribution is 0.414. The molecule has 0 aliphatic carbocycles. The quantitative estimate of drug-likeness (QED) is 0.611. The molecule has 1 atom stereocenters. The fourth-order valence-corrected chi connectivity index (χ4v) is 3.36. The van der Waals surface area contributed by atoms with Crippen LogP contribution in [0, 0.1) is 6.92 Å². The third kappa shape index (κ3) is 4.11. The molecule has 0 unspecified atom stereocenters. The Kier molecular flexibility index (Phi) is 6.01. The summed E-state index contributed by atoms with van der Waals surface area (Å²) in [7, 11) is 1.67. The maximum Gasteiger partial charge on any atom is 0.119 e. The highest BCUT2D eigenvalue weighted by Gasteiger charge is 2.14. The first kappa shape index (κ1) is 18.5. The van der Waals surface area contributed by atoms with Gasteiger partial charge in [-0.05, 0) is 62.1 Å². The van der Waals surface area contributed by atoms with Gasteiger partial charge in [-0.25, -0.2) is 4.68 Å². The number of nitrogens with zero attached hydrogens (tertiary/aromatic N) is 2. The van der Waals surface area contributed by atoms with Gasteiger partial charge in [0, 0.05) is 28.7 Å². The molecule has 1 heterocycles. The van der Waals surface area contributed by atoms with Gasteiger partial charge in [-0.15, -0.1) is 11.8 Å². The largest absolute Gasteiger partial charge is 0.497 e. The normalized spacial score (nSPS) is 12.2. The first-order valence-electron chi connectivity index (χ1n) is 8.67. The number of rotatable bonds is 7. The van der Waals surface area contributed by atoms with E-state index in [1.54, 1.807) is 18.9 Å². The third-order valence-corrected chi connectivity index (χ3v) is 5.35. The van der Waals surface area contributed by atoms with Gasteiger partial charge in [0.15, 0.2) is 0 Å². The lowest BCUT2D eigenvalue weighted by Crippen LogP contribution is -2.18. The Morgan fingerprint density at radius 2 is 1.81 bits per heavy atom. The summed E-state index contributed by atoms with van der Waals surface area (Å²) in [5, 5.41) is 8.17. The Labute approximate surface area is 159 Å². The molecule has 4 nitrogen and oxygen atoms in total.